The summed E-state index contributed by atoms with van der Waals surface area (Å²) in [5.74, 6) is 0.821. The Morgan fingerprint density at radius 2 is 2.33 bits per heavy atom. The van der Waals surface area contributed by atoms with Crippen LogP contribution in [0.5, 0.6) is 0 Å². The third-order valence-electron chi connectivity index (χ3n) is 1.89. The first kappa shape index (κ1) is 11.8. The van der Waals surface area contributed by atoms with Crippen molar-refractivity contribution in [3.05, 3.63) is 23.7 Å². The van der Waals surface area contributed by atoms with E-state index >= 15 is 0 Å². The summed E-state index contributed by atoms with van der Waals surface area (Å²) in [6, 6.07) is 1.65. The summed E-state index contributed by atoms with van der Waals surface area (Å²) >= 11 is 0. The van der Waals surface area contributed by atoms with E-state index in [1.807, 2.05) is 20.8 Å². The highest BCUT2D eigenvalue weighted by molar-refractivity contribution is 5.94. The van der Waals surface area contributed by atoms with Gasteiger partial charge in [-0.2, -0.15) is 0 Å². The first-order valence-electron chi connectivity index (χ1n) is 5.13. The van der Waals surface area contributed by atoms with Crippen LogP contribution in [0.2, 0.25) is 0 Å². The van der Waals surface area contributed by atoms with Crippen molar-refractivity contribution in [2.45, 2.75) is 27.2 Å². The largest absolute Gasteiger partial charge is 0.469 e. The number of hydrogen-bond donors (Lipinski definition) is 1. The Morgan fingerprint density at radius 1 is 1.60 bits per heavy atom. The molecule has 0 bridgehead atoms. The number of carbonyl (C=O) groups is 1. The van der Waals surface area contributed by atoms with Crippen LogP contribution in [0.4, 0.5) is 0 Å². The molecule has 0 aliphatic rings. The quantitative estimate of drug-likeness (QED) is 0.759. The van der Waals surface area contributed by atoms with E-state index in [-0.39, 0.29) is 5.91 Å². The zero-order chi connectivity index (χ0) is 11.3. The Bertz CT molecular complexity index is 317. The van der Waals surface area contributed by atoms with Crippen molar-refractivity contribution in [2.75, 3.05) is 6.61 Å². The van der Waals surface area contributed by atoms with E-state index in [9.17, 15) is 4.79 Å². The van der Waals surface area contributed by atoms with Crippen LogP contribution in [-0.2, 0) is 11.3 Å². The second kappa shape index (κ2) is 5.56. The van der Waals surface area contributed by atoms with Gasteiger partial charge in [-0.3, -0.25) is 9.63 Å². The second-order valence-electron chi connectivity index (χ2n) is 3.75. The Labute approximate surface area is 89.6 Å². The molecule has 0 atom stereocenters. The zero-order valence-electron chi connectivity index (χ0n) is 9.37. The minimum Gasteiger partial charge on any atom is -0.469 e. The van der Waals surface area contributed by atoms with E-state index in [0.29, 0.717) is 30.3 Å². The molecule has 0 aliphatic carbocycles. The van der Waals surface area contributed by atoms with Crippen LogP contribution in [0.15, 0.2) is 16.7 Å². The normalized spacial score (nSPS) is 10.7. The fourth-order valence-electron chi connectivity index (χ4n) is 1.15. The first-order valence-corrected chi connectivity index (χ1v) is 5.13. The Kier molecular flexibility index (Phi) is 4.37. The van der Waals surface area contributed by atoms with Crippen LogP contribution in [0, 0.1) is 5.92 Å². The summed E-state index contributed by atoms with van der Waals surface area (Å²) in [6.07, 6.45) is 2.20. The number of hydroxylamine groups is 1. The number of aryl methyl sites for hydroxylation is 1. The maximum absolute atomic E-state index is 11.6. The molecule has 0 saturated carbocycles. The lowest BCUT2D eigenvalue weighted by Gasteiger charge is -2.07. The van der Waals surface area contributed by atoms with Crippen molar-refractivity contribution in [2.24, 2.45) is 5.92 Å². The van der Waals surface area contributed by atoms with E-state index in [1.54, 1.807) is 6.07 Å². The fourth-order valence-corrected chi connectivity index (χ4v) is 1.15. The molecule has 0 spiro atoms. The van der Waals surface area contributed by atoms with Gasteiger partial charge in [0.05, 0.1) is 18.4 Å². The van der Waals surface area contributed by atoms with Crippen LogP contribution in [0.25, 0.3) is 0 Å². The molecule has 4 heteroatoms. The lowest BCUT2D eigenvalue weighted by Crippen LogP contribution is -2.25. The SMILES string of the molecule is CCc1occc1C(=O)NOCC(C)C. The molecule has 84 valence electrons. The third-order valence-corrected chi connectivity index (χ3v) is 1.89. The summed E-state index contributed by atoms with van der Waals surface area (Å²) in [7, 11) is 0. The minimum absolute atomic E-state index is 0.249. The standard InChI is InChI=1S/C11H17NO3/c1-4-10-9(5-6-14-10)11(13)12-15-7-8(2)3/h5-6,8H,4,7H2,1-3H3,(H,12,13). The molecule has 0 aromatic carbocycles. The van der Waals surface area contributed by atoms with Gasteiger partial charge in [0.25, 0.3) is 5.91 Å². The molecule has 1 amide bonds. The Balaban J connectivity index is 2.47. The molecular weight excluding hydrogens is 194 g/mol. The third kappa shape index (κ3) is 3.40. The summed E-state index contributed by atoms with van der Waals surface area (Å²) in [4.78, 5) is 16.6. The predicted octanol–water partition coefficient (Wildman–Crippen LogP) is 2.16. The smallest absolute Gasteiger partial charge is 0.278 e. The first-order chi connectivity index (χ1) is 7.15. The average Bonchev–Trinajstić information content (AvgIpc) is 2.64. The molecule has 0 unspecified atom stereocenters. The van der Waals surface area contributed by atoms with Crippen LogP contribution < -0.4 is 5.48 Å². The number of furan rings is 1. The Hall–Kier alpha value is -1.29. The van der Waals surface area contributed by atoms with Gasteiger partial charge in [0.1, 0.15) is 5.76 Å². The number of amides is 1. The molecule has 15 heavy (non-hydrogen) atoms. The maximum atomic E-state index is 11.6. The van der Waals surface area contributed by atoms with Crippen LogP contribution in [0.3, 0.4) is 0 Å². The van der Waals surface area contributed by atoms with Gasteiger partial charge >= 0.3 is 0 Å². The lowest BCUT2D eigenvalue weighted by molar-refractivity contribution is 0.0207. The number of carbonyl (C=O) groups excluding carboxylic acids is 1. The van der Waals surface area contributed by atoms with Gasteiger partial charge in [-0.1, -0.05) is 20.8 Å². The highest BCUT2D eigenvalue weighted by atomic mass is 16.6. The number of hydrogen-bond acceptors (Lipinski definition) is 3. The molecule has 0 aliphatic heterocycles. The summed E-state index contributed by atoms with van der Waals surface area (Å²) in [5.41, 5.74) is 2.94. The van der Waals surface area contributed by atoms with E-state index in [4.69, 9.17) is 9.25 Å². The van der Waals surface area contributed by atoms with Gasteiger partial charge in [-0.05, 0) is 12.0 Å². The van der Waals surface area contributed by atoms with Gasteiger partial charge in [0, 0.05) is 6.42 Å². The van der Waals surface area contributed by atoms with Gasteiger partial charge < -0.3 is 4.42 Å². The van der Waals surface area contributed by atoms with Gasteiger partial charge in [0.2, 0.25) is 0 Å². The molecule has 0 fully saturated rings. The molecule has 0 radical (unpaired) electrons. The van der Waals surface area contributed by atoms with Crippen molar-refractivity contribution >= 4 is 5.91 Å². The molecule has 1 aromatic heterocycles. The fraction of sp³-hybridized carbons (Fsp3) is 0.545. The molecule has 1 heterocycles. The van der Waals surface area contributed by atoms with Crippen LogP contribution >= 0.6 is 0 Å². The van der Waals surface area contributed by atoms with Crippen LogP contribution in [0.1, 0.15) is 36.9 Å². The monoisotopic (exact) mass is 211 g/mol. The topological polar surface area (TPSA) is 51.5 Å². The number of rotatable bonds is 5. The van der Waals surface area contributed by atoms with E-state index < -0.39 is 0 Å². The molecule has 1 aromatic rings. The summed E-state index contributed by atoms with van der Waals surface area (Å²) < 4.78 is 5.15. The Morgan fingerprint density at radius 3 is 2.93 bits per heavy atom. The zero-order valence-corrected chi connectivity index (χ0v) is 9.37. The lowest BCUT2D eigenvalue weighted by atomic mass is 10.2. The molecule has 0 saturated heterocycles. The highest BCUT2D eigenvalue weighted by Crippen LogP contribution is 2.10. The highest BCUT2D eigenvalue weighted by Gasteiger charge is 2.12. The second-order valence-corrected chi connectivity index (χ2v) is 3.75. The van der Waals surface area contributed by atoms with Gasteiger partial charge in [-0.25, -0.2) is 5.48 Å². The summed E-state index contributed by atoms with van der Waals surface area (Å²) in [5, 5.41) is 0. The summed E-state index contributed by atoms with van der Waals surface area (Å²) in [6.45, 7) is 6.47. The van der Waals surface area contributed by atoms with E-state index in [0.717, 1.165) is 0 Å². The predicted molar refractivity (Wildman–Crippen MR) is 56.3 cm³/mol. The minimum atomic E-state index is -0.249. The van der Waals surface area contributed by atoms with Gasteiger partial charge in [-0.15, -0.1) is 0 Å². The van der Waals surface area contributed by atoms with Crippen molar-refractivity contribution in [1.29, 1.82) is 0 Å². The van der Waals surface area contributed by atoms with Crippen molar-refractivity contribution in [1.82, 2.24) is 5.48 Å². The van der Waals surface area contributed by atoms with E-state index in [1.165, 1.54) is 6.26 Å². The van der Waals surface area contributed by atoms with Crippen molar-refractivity contribution < 1.29 is 14.0 Å². The molecular formula is C11H17NO3. The van der Waals surface area contributed by atoms with Crippen LogP contribution in [-0.4, -0.2) is 12.5 Å². The maximum Gasteiger partial charge on any atom is 0.278 e. The number of nitrogens with one attached hydrogen (secondary N) is 1. The average molecular weight is 211 g/mol. The van der Waals surface area contributed by atoms with E-state index in [2.05, 4.69) is 5.48 Å². The van der Waals surface area contributed by atoms with Crippen molar-refractivity contribution in [3.63, 3.8) is 0 Å². The van der Waals surface area contributed by atoms with Crippen molar-refractivity contribution in [3.8, 4) is 0 Å². The molecule has 4 nitrogen and oxygen atoms in total. The molecule has 1 rings (SSSR count). The van der Waals surface area contributed by atoms with Gasteiger partial charge in [0.15, 0.2) is 0 Å². The molecule has 1 N–H and O–H groups in total.